The summed E-state index contributed by atoms with van der Waals surface area (Å²) in [6.45, 7) is 14.4. The predicted molar refractivity (Wildman–Crippen MR) is 88.2 cm³/mol. The number of likely N-dealkylation sites (tertiary alicyclic amines) is 2. The van der Waals surface area contributed by atoms with Gasteiger partial charge in [0.05, 0.1) is 0 Å². The van der Waals surface area contributed by atoms with E-state index in [1.54, 1.807) is 0 Å². The molecule has 0 aromatic rings. The molecule has 2 rings (SSSR count). The Morgan fingerprint density at radius 2 is 1.81 bits per heavy atom. The maximum absolute atomic E-state index is 12.2. The standard InChI is InChI=1S/C18H32N2O/c1-5-16(4)6-7-17(21)20-13-18(14-20)8-10-19(11-9-18)12-15(2)3/h5,15H,6-14H2,1-4H3/b16-5-. The zero-order chi connectivity index (χ0) is 15.5. The van der Waals surface area contributed by atoms with Crippen molar-refractivity contribution in [1.82, 2.24) is 9.80 Å². The average molecular weight is 292 g/mol. The van der Waals surface area contributed by atoms with Crippen molar-refractivity contribution in [2.75, 3.05) is 32.7 Å². The van der Waals surface area contributed by atoms with Crippen LogP contribution in [0.5, 0.6) is 0 Å². The predicted octanol–water partition coefficient (Wildman–Crippen LogP) is 3.31. The first kappa shape index (κ1) is 16.5. The Kier molecular flexibility index (Phi) is 5.48. The fraction of sp³-hybridized carbons (Fsp3) is 0.833. The summed E-state index contributed by atoms with van der Waals surface area (Å²) in [7, 11) is 0. The van der Waals surface area contributed by atoms with Crippen LogP contribution in [-0.4, -0.2) is 48.4 Å². The molecule has 2 heterocycles. The summed E-state index contributed by atoms with van der Waals surface area (Å²) in [4.78, 5) is 16.8. The van der Waals surface area contributed by atoms with Crippen LogP contribution in [0.2, 0.25) is 0 Å². The number of hydrogen-bond acceptors (Lipinski definition) is 2. The Hall–Kier alpha value is -0.830. The number of carbonyl (C=O) groups is 1. The summed E-state index contributed by atoms with van der Waals surface area (Å²) in [5.74, 6) is 1.11. The van der Waals surface area contributed by atoms with Crippen LogP contribution in [0.15, 0.2) is 11.6 Å². The van der Waals surface area contributed by atoms with Gasteiger partial charge in [-0.2, -0.15) is 0 Å². The second-order valence-electron chi connectivity index (χ2n) is 7.58. The summed E-state index contributed by atoms with van der Waals surface area (Å²) < 4.78 is 0. The van der Waals surface area contributed by atoms with E-state index in [2.05, 4.69) is 36.6 Å². The Bertz CT molecular complexity index is 384. The van der Waals surface area contributed by atoms with E-state index in [-0.39, 0.29) is 0 Å². The van der Waals surface area contributed by atoms with Crippen molar-refractivity contribution in [2.24, 2.45) is 11.3 Å². The van der Waals surface area contributed by atoms with Gasteiger partial charge in [0.2, 0.25) is 5.91 Å². The molecule has 2 fully saturated rings. The van der Waals surface area contributed by atoms with Gasteiger partial charge in [0.25, 0.3) is 0 Å². The third-order valence-electron chi connectivity index (χ3n) is 5.17. The molecule has 0 atom stereocenters. The van der Waals surface area contributed by atoms with Crippen LogP contribution in [0.4, 0.5) is 0 Å². The van der Waals surface area contributed by atoms with Gasteiger partial charge in [-0.3, -0.25) is 4.79 Å². The van der Waals surface area contributed by atoms with E-state index in [0.29, 0.717) is 17.7 Å². The molecule has 1 amide bonds. The number of nitrogens with zero attached hydrogens (tertiary/aromatic N) is 2. The molecule has 0 N–H and O–H groups in total. The van der Waals surface area contributed by atoms with E-state index in [9.17, 15) is 4.79 Å². The van der Waals surface area contributed by atoms with Gasteiger partial charge in [-0.1, -0.05) is 25.5 Å². The summed E-state index contributed by atoms with van der Waals surface area (Å²) >= 11 is 0. The van der Waals surface area contributed by atoms with Crippen LogP contribution in [0.1, 0.15) is 53.4 Å². The number of hydrogen-bond donors (Lipinski definition) is 0. The van der Waals surface area contributed by atoms with Gasteiger partial charge in [0, 0.05) is 31.5 Å². The van der Waals surface area contributed by atoms with Crippen LogP contribution < -0.4 is 0 Å². The Balaban J connectivity index is 1.70. The van der Waals surface area contributed by atoms with E-state index in [1.165, 1.54) is 38.0 Å². The van der Waals surface area contributed by atoms with Crippen molar-refractivity contribution in [3.63, 3.8) is 0 Å². The molecule has 0 aliphatic carbocycles. The number of carbonyl (C=O) groups excluding carboxylic acids is 1. The van der Waals surface area contributed by atoms with Crippen molar-refractivity contribution in [3.8, 4) is 0 Å². The maximum Gasteiger partial charge on any atom is 0.222 e. The minimum atomic E-state index is 0.353. The highest BCUT2D eigenvalue weighted by Gasteiger charge is 2.46. The van der Waals surface area contributed by atoms with Gasteiger partial charge in [0.1, 0.15) is 0 Å². The molecular formula is C18H32N2O. The van der Waals surface area contributed by atoms with Gasteiger partial charge in [-0.15, -0.1) is 0 Å². The normalized spacial score (nSPS) is 22.7. The second kappa shape index (κ2) is 6.95. The first-order valence-electron chi connectivity index (χ1n) is 8.56. The van der Waals surface area contributed by atoms with Crippen LogP contribution in [-0.2, 0) is 4.79 Å². The number of rotatable bonds is 5. The van der Waals surface area contributed by atoms with Gasteiger partial charge >= 0.3 is 0 Å². The van der Waals surface area contributed by atoms with Crippen molar-refractivity contribution in [3.05, 3.63) is 11.6 Å². The first-order chi connectivity index (χ1) is 9.94. The van der Waals surface area contributed by atoms with Gasteiger partial charge in [-0.25, -0.2) is 0 Å². The second-order valence-corrected chi connectivity index (χ2v) is 7.58. The minimum Gasteiger partial charge on any atom is -0.341 e. The highest BCUT2D eigenvalue weighted by molar-refractivity contribution is 5.77. The quantitative estimate of drug-likeness (QED) is 0.726. The fourth-order valence-corrected chi connectivity index (χ4v) is 3.59. The molecule has 3 nitrogen and oxygen atoms in total. The van der Waals surface area contributed by atoms with E-state index in [0.717, 1.165) is 25.4 Å². The molecule has 2 aliphatic heterocycles. The Labute approximate surface area is 130 Å². The van der Waals surface area contributed by atoms with Gasteiger partial charge < -0.3 is 9.80 Å². The molecule has 0 saturated carbocycles. The summed E-state index contributed by atoms with van der Waals surface area (Å²) in [6, 6.07) is 0. The number of piperidine rings is 1. The van der Waals surface area contributed by atoms with E-state index in [1.807, 2.05) is 6.92 Å². The fourth-order valence-electron chi connectivity index (χ4n) is 3.59. The van der Waals surface area contributed by atoms with Crippen molar-refractivity contribution in [2.45, 2.75) is 53.4 Å². The minimum absolute atomic E-state index is 0.353. The third kappa shape index (κ3) is 4.32. The molecule has 0 aromatic heterocycles. The summed E-state index contributed by atoms with van der Waals surface area (Å²) in [5, 5.41) is 0. The summed E-state index contributed by atoms with van der Waals surface area (Å²) in [6.07, 6.45) is 6.26. The molecule has 0 aromatic carbocycles. The van der Waals surface area contributed by atoms with Gasteiger partial charge in [0.15, 0.2) is 0 Å². The van der Waals surface area contributed by atoms with Crippen molar-refractivity contribution in [1.29, 1.82) is 0 Å². The Morgan fingerprint density at radius 3 is 2.33 bits per heavy atom. The van der Waals surface area contributed by atoms with Crippen LogP contribution >= 0.6 is 0 Å². The molecule has 0 bridgehead atoms. The van der Waals surface area contributed by atoms with Crippen LogP contribution in [0.3, 0.4) is 0 Å². The zero-order valence-electron chi connectivity index (χ0n) is 14.3. The highest BCUT2D eigenvalue weighted by Crippen LogP contribution is 2.40. The lowest BCUT2D eigenvalue weighted by molar-refractivity contribution is -0.146. The van der Waals surface area contributed by atoms with E-state index < -0.39 is 0 Å². The highest BCUT2D eigenvalue weighted by atomic mass is 16.2. The smallest absolute Gasteiger partial charge is 0.222 e. The number of allylic oxidation sites excluding steroid dienone is 2. The topological polar surface area (TPSA) is 23.6 Å². The lowest BCUT2D eigenvalue weighted by Crippen LogP contribution is -2.62. The SMILES string of the molecule is C/C=C(/C)CCC(=O)N1CC2(CCN(CC(C)C)CC2)C1. The molecule has 0 unspecified atom stereocenters. The monoisotopic (exact) mass is 292 g/mol. The zero-order valence-corrected chi connectivity index (χ0v) is 14.3. The largest absolute Gasteiger partial charge is 0.341 e. The molecule has 21 heavy (non-hydrogen) atoms. The first-order valence-corrected chi connectivity index (χ1v) is 8.56. The van der Waals surface area contributed by atoms with Crippen molar-refractivity contribution >= 4 is 5.91 Å². The summed E-state index contributed by atoms with van der Waals surface area (Å²) in [5.41, 5.74) is 1.78. The Morgan fingerprint density at radius 1 is 1.19 bits per heavy atom. The van der Waals surface area contributed by atoms with Crippen molar-refractivity contribution < 1.29 is 4.79 Å². The molecule has 0 radical (unpaired) electrons. The van der Waals surface area contributed by atoms with Crippen LogP contribution in [0.25, 0.3) is 0 Å². The third-order valence-corrected chi connectivity index (χ3v) is 5.17. The molecule has 2 saturated heterocycles. The van der Waals surface area contributed by atoms with Crippen LogP contribution in [0, 0.1) is 11.3 Å². The lowest BCUT2D eigenvalue weighted by Gasteiger charge is -2.54. The molecule has 1 spiro atoms. The maximum atomic E-state index is 12.2. The number of amides is 1. The average Bonchev–Trinajstić information content (AvgIpc) is 2.42. The van der Waals surface area contributed by atoms with E-state index in [4.69, 9.17) is 0 Å². The molecule has 2 aliphatic rings. The molecule has 3 heteroatoms. The van der Waals surface area contributed by atoms with Gasteiger partial charge in [-0.05, 0) is 52.1 Å². The molecule has 120 valence electrons. The lowest BCUT2D eigenvalue weighted by atomic mass is 9.71. The molecular weight excluding hydrogens is 260 g/mol. The van der Waals surface area contributed by atoms with E-state index >= 15 is 0 Å².